The van der Waals surface area contributed by atoms with E-state index >= 15 is 0 Å². The van der Waals surface area contributed by atoms with Crippen molar-refractivity contribution in [3.05, 3.63) is 147 Å². The Morgan fingerprint density at radius 2 is 0.687 bits per heavy atom. The van der Waals surface area contributed by atoms with Crippen molar-refractivity contribution in [3.63, 3.8) is 0 Å². The molecule has 1 N–H and O–H groups in total. The molecule has 0 heterocycles. The van der Waals surface area contributed by atoms with E-state index < -0.39 is 185 Å². The molecule has 0 bridgehead atoms. The molecule has 0 atom stereocenters. The van der Waals surface area contributed by atoms with Gasteiger partial charge in [0.2, 0.25) is 105 Å². The van der Waals surface area contributed by atoms with E-state index in [1.165, 1.54) is 0 Å². The summed E-state index contributed by atoms with van der Waals surface area (Å²) in [6, 6.07) is 13.6. The predicted molar refractivity (Wildman–Crippen MR) is 194 cm³/mol. The van der Waals surface area contributed by atoms with Gasteiger partial charge in [-0.2, -0.15) is 26.3 Å². The van der Waals surface area contributed by atoms with Crippen LogP contribution in [0, 0.1) is 87.3 Å². The zero-order chi connectivity index (χ0) is 49.2. The number of esters is 3. The first-order valence-corrected chi connectivity index (χ1v) is 18.9. The van der Waals surface area contributed by atoms with E-state index in [-0.39, 0.29) is 0 Å². The van der Waals surface area contributed by atoms with Gasteiger partial charge in [0.1, 0.15) is 6.61 Å². The van der Waals surface area contributed by atoms with Crippen molar-refractivity contribution >= 4 is 24.0 Å². The maximum atomic E-state index is 14.4. The number of ether oxygens (including phenoxy) is 4. The lowest BCUT2D eigenvalue weighted by molar-refractivity contribution is -0.135. The third-order valence-corrected chi connectivity index (χ3v) is 10.3. The number of rotatable bonds is 15. The summed E-state index contributed by atoms with van der Waals surface area (Å²) in [5, 5.41) is 2.17. The van der Waals surface area contributed by atoms with Gasteiger partial charge in [-0.25, -0.2) is 44.3 Å². The highest BCUT2D eigenvalue weighted by Crippen LogP contribution is 2.45. The number of hydrogen-bond acceptors (Lipinski definition) is 8. The van der Waals surface area contributed by atoms with Gasteiger partial charge in [-0.3, -0.25) is 14.4 Å². The van der Waals surface area contributed by atoms with Crippen LogP contribution >= 0.6 is 0 Å². The van der Waals surface area contributed by atoms with Crippen LogP contribution in [0.4, 0.5) is 70.7 Å². The first-order chi connectivity index (χ1) is 31.6. The summed E-state index contributed by atoms with van der Waals surface area (Å²) >= 11 is 0. The van der Waals surface area contributed by atoms with Crippen molar-refractivity contribution in [1.29, 1.82) is 0 Å². The van der Waals surface area contributed by atoms with Crippen molar-refractivity contribution in [2.24, 2.45) is 0 Å². The van der Waals surface area contributed by atoms with Gasteiger partial charge in [-0.05, 0) is 41.5 Å². The van der Waals surface area contributed by atoms with Gasteiger partial charge < -0.3 is 24.3 Å². The molecule has 354 valence electrons. The second kappa shape index (κ2) is 19.7. The zero-order valence-electron chi connectivity index (χ0n) is 33.1. The Labute approximate surface area is 365 Å². The van der Waals surface area contributed by atoms with Crippen LogP contribution in [0.15, 0.2) is 48.5 Å². The Morgan fingerprint density at radius 3 is 0.985 bits per heavy atom. The fourth-order valence-corrected chi connectivity index (χ4v) is 6.96. The maximum Gasteiger partial charge on any atom is 0.407 e. The van der Waals surface area contributed by atoms with Crippen molar-refractivity contribution in [1.82, 2.24) is 5.32 Å². The van der Waals surface area contributed by atoms with Crippen LogP contribution in [0.5, 0.6) is 17.2 Å². The Bertz CT molecular complexity index is 2500. The number of carbonyl (C=O) groups is 4. The average Bonchev–Trinajstić information content (AvgIpc) is 3.64. The van der Waals surface area contributed by atoms with Gasteiger partial charge in [-0.15, -0.1) is 0 Å². The van der Waals surface area contributed by atoms with Crippen LogP contribution in [0.1, 0.15) is 55.6 Å². The van der Waals surface area contributed by atoms with Crippen LogP contribution in [0.3, 0.4) is 0 Å². The van der Waals surface area contributed by atoms with Crippen LogP contribution < -0.4 is 19.5 Å². The molecule has 0 unspecified atom stereocenters. The molecular formula is C43H24F15NO8. The number of amides is 1. The van der Waals surface area contributed by atoms with Crippen LogP contribution in [0.2, 0.25) is 0 Å². The van der Waals surface area contributed by atoms with Gasteiger partial charge in [0.25, 0.3) is 0 Å². The van der Waals surface area contributed by atoms with E-state index in [2.05, 4.69) is 19.5 Å². The molecule has 1 amide bonds. The normalized spacial score (nSPS) is 12.1. The number of benzene rings is 5. The fraction of sp³-hybridized carbons (Fsp3) is 0.209. The quantitative estimate of drug-likeness (QED) is 0.0362. The summed E-state index contributed by atoms with van der Waals surface area (Å²) in [5.41, 5.74) is 0.237. The van der Waals surface area contributed by atoms with E-state index in [4.69, 9.17) is 4.74 Å². The first-order valence-electron chi connectivity index (χ1n) is 18.9. The molecule has 0 aromatic heterocycles. The van der Waals surface area contributed by atoms with Crippen molar-refractivity contribution in [2.75, 3.05) is 6.61 Å². The highest BCUT2D eigenvalue weighted by atomic mass is 19.2. The molecular weight excluding hydrogens is 943 g/mol. The summed E-state index contributed by atoms with van der Waals surface area (Å²) in [6.07, 6.45) is -8.85. The lowest BCUT2D eigenvalue weighted by atomic mass is 9.83. The van der Waals surface area contributed by atoms with Gasteiger partial charge in [0, 0.05) is 30.7 Å². The first kappa shape index (κ1) is 49.2. The Hall–Kier alpha value is -7.27. The van der Waals surface area contributed by atoms with E-state index in [0.29, 0.717) is 11.1 Å². The number of fused-ring (bicyclic) bond motifs is 3. The SMILES string of the molecule is O=C(CCC(CCC(=O)Oc1c(F)c(F)c(F)c(F)c1F)(CCC(=O)Oc1c(F)c(F)c(F)c(F)c1F)NC(=O)OCC1c2ccccc2-c2ccccc21)Oc1c(F)c(F)c(F)c(F)c1F. The van der Waals surface area contributed by atoms with Crippen molar-refractivity contribution in [3.8, 4) is 28.4 Å². The highest BCUT2D eigenvalue weighted by Gasteiger charge is 2.39. The summed E-state index contributed by atoms with van der Waals surface area (Å²) in [7, 11) is 0. The number of alkyl carbamates (subject to hydrolysis) is 1. The molecule has 0 saturated carbocycles. The molecule has 1 aliphatic carbocycles. The summed E-state index contributed by atoms with van der Waals surface area (Å²) in [6.45, 7) is -0.511. The predicted octanol–water partition coefficient (Wildman–Crippen LogP) is 10.5. The zero-order valence-corrected chi connectivity index (χ0v) is 33.1. The third kappa shape index (κ3) is 9.82. The van der Waals surface area contributed by atoms with E-state index in [1.54, 1.807) is 48.5 Å². The second-order valence-electron chi connectivity index (χ2n) is 14.4. The minimum absolute atomic E-state index is 0.511. The van der Waals surface area contributed by atoms with E-state index in [9.17, 15) is 85.0 Å². The van der Waals surface area contributed by atoms with Crippen LogP contribution in [0.25, 0.3) is 11.1 Å². The minimum atomic E-state index is -2.66. The molecule has 1 aliphatic rings. The van der Waals surface area contributed by atoms with Gasteiger partial charge in [0.15, 0.2) is 0 Å². The van der Waals surface area contributed by atoms with Crippen molar-refractivity contribution in [2.45, 2.75) is 50.0 Å². The number of carbonyl (C=O) groups excluding carboxylic acids is 4. The Kier molecular flexibility index (Phi) is 14.4. The average molecular weight is 968 g/mol. The molecule has 0 aliphatic heterocycles. The molecule has 24 heteroatoms. The topological polar surface area (TPSA) is 117 Å². The van der Waals surface area contributed by atoms with Crippen LogP contribution in [-0.2, 0) is 19.1 Å². The minimum Gasteiger partial charge on any atom is -0.449 e. The summed E-state index contributed by atoms with van der Waals surface area (Å²) in [4.78, 5) is 52.7. The molecule has 67 heavy (non-hydrogen) atoms. The number of halogens is 15. The van der Waals surface area contributed by atoms with Crippen molar-refractivity contribution < 1.29 is 104 Å². The molecule has 0 fully saturated rings. The lowest BCUT2D eigenvalue weighted by Gasteiger charge is -2.34. The standard InChI is InChI=1S/C43H24F15NO8/c44-24-27(47)33(53)39(34(54)28(24)48)65-21(60)9-12-43(13-10-22(61)66-40-35(55)29(49)25(45)30(50)36(40)56,14-11-23(62)67-41-37(57)31(51)26(46)32(52)38(41)58)59-42(63)64-15-20-18-7-3-1-5-16(18)17-6-2-4-8-19(17)20/h1-8,20H,9-15H2,(H,59,63). The Morgan fingerprint density at radius 1 is 0.418 bits per heavy atom. The molecule has 0 radical (unpaired) electrons. The molecule has 6 rings (SSSR count). The Balaban J connectivity index is 1.33. The number of hydrogen-bond donors (Lipinski definition) is 1. The highest BCUT2D eigenvalue weighted by molar-refractivity contribution is 5.79. The molecule has 0 spiro atoms. The van der Waals surface area contributed by atoms with Gasteiger partial charge >= 0.3 is 24.0 Å². The molecule has 0 saturated heterocycles. The maximum absolute atomic E-state index is 14.4. The third-order valence-electron chi connectivity index (χ3n) is 10.3. The summed E-state index contributed by atoms with van der Waals surface area (Å²) in [5.74, 6) is -51.9. The van der Waals surface area contributed by atoms with Crippen LogP contribution in [-0.4, -0.2) is 36.1 Å². The van der Waals surface area contributed by atoms with E-state index in [1.807, 2.05) is 0 Å². The van der Waals surface area contributed by atoms with E-state index in [0.717, 1.165) is 11.1 Å². The fourth-order valence-electron chi connectivity index (χ4n) is 6.96. The largest absolute Gasteiger partial charge is 0.449 e. The van der Waals surface area contributed by atoms with Gasteiger partial charge in [0.05, 0.1) is 0 Å². The smallest absolute Gasteiger partial charge is 0.407 e. The monoisotopic (exact) mass is 967 g/mol. The molecule has 5 aromatic carbocycles. The number of nitrogens with one attached hydrogen (secondary N) is 1. The summed E-state index contributed by atoms with van der Waals surface area (Å²) < 4.78 is 229. The molecule has 9 nitrogen and oxygen atoms in total. The lowest BCUT2D eigenvalue weighted by Crippen LogP contribution is -2.50. The second-order valence-corrected chi connectivity index (χ2v) is 14.4. The molecule has 5 aromatic rings. The van der Waals surface area contributed by atoms with Gasteiger partial charge in [-0.1, -0.05) is 48.5 Å².